The molecule has 0 spiro atoms. The zero-order valence-corrected chi connectivity index (χ0v) is 17.3. The molecule has 31 heavy (non-hydrogen) atoms. The van der Waals surface area contributed by atoms with Gasteiger partial charge in [-0.2, -0.15) is 0 Å². The van der Waals surface area contributed by atoms with Crippen molar-refractivity contribution in [2.45, 2.75) is 25.9 Å². The standard InChI is InChI=1S/C24H23N5O2/c1-15-4-2-6-21(29-15)23-22(27-14-28-23)16-7-8-20-17(10-16)11-18(12-26-20)24(30)31-19-5-3-9-25-13-19/h2,4,6-8,10-12,14,19,25H,3,5,9,13H2,1H3,(H,27,28)/t19-/m1/s1. The van der Waals surface area contributed by atoms with Crippen LogP contribution in [0.2, 0.25) is 0 Å². The lowest BCUT2D eigenvalue weighted by Crippen LogP contribution is -2.36. The fourth-order valence-electron chi connectivity index (χ4n) is 3.92. The van der Waals surface area contributed by atoms with E-state index in [1.807, 2.05) is 49.4 Å². The smallest absolute Gasteiger partial charge is 0.340 e. The lowest BCUT2D eigenvalue weighted by Gasteiger charge is -2.22. The third-order valence-corrected chi connectivity index (χ3v) is 5.50. The molecule has 1 aliphatic heterocycles. The molecule has 0 radical (unpaired) electrons. The maximum Gasteiger partial charge on any atom is 0.340 e. The zero-order chi connectivity index (χ0) is 21.2. The van der Waals surface area contributed by atoms with Crippen molar-refractivity contribution in [3.8, 4) is 22.6 Å². The number of ether oxygens (including phenoxy) is 1. The number of aromatic amines is 1. The number of carbonyl (C=O) groups excluding carboxylic acids is 1. The maximum absolute atomic E-state index is 12.6. The van der Waals surface area contributed by atoms with Crippen LogP contribution in [0.3, 0.4) is 0 Å². The molecule has 4 heterocycles. The molecular weight excluding hydrogens is 390 g/mol. The number of hydrogen-bond acceptors (Lipinski definition) is 6. The van der Waals surface area contributed by atoms with Crippen LogP contribution in [-0.2, 0) is 4.74 Å². The summed E-state index contributed by atoms with van der Waals surface area (Å²) >= 11 is 0. The number of piperidine rings is 1. The van der Waals surface area contributed by atoms with E-state index in [4.69, 9.17) is 4.74 Å². The molecule has 1 aromatic carbocycles. The summed E-state index contributed by atoms with van der Waals surface area (Å²) in [5.41, 5.74) is 5.64. The molecule has 7 nitrogen and oxygen atoms in total. The highest BCUT2D eigenvalue weighted by atomic mass is 16.5. The van der Waals surface area contributed by atoms with Crippen molar-refractivity contribution in [1.82, 2.24) is 25.3 Å². The summed E-state index contributed by atoms with van der Waals surface area (Å²) in [5, 5.41) is 4.12. The van der Waals surface area contributed by atoms with Crippen LogP contribution in [0, 0.1) is 6.92 Å². The fourth-order valence-corrected chi connectivity index (χ4v) is 3.92. The number of nitrogens with zero attached hydrogens (tertiary/aromatic N) is 3. The topological polar surface area (TPSA) is 92.8 Å². The van der Waals surface area contributed by atoms with Crippen LogP contribution in [0.1, 0.15) is 28.9 Å². The van der Waals surface area contributed by atoms with Crippen molar-refractivity contribution in [2.24, 2.45) is 0 Å². The summed E-state index contributed by atoms with van der Waals surface area (Å²) in [6, 6.07) is 13.7. The Kier molecular flexibility index (Phi) is 5.18. The number of nitrogens with one attached hydrogen (secondary N) is 2. The van der Waals surface area contributed by atoms with Gasteiger partial charge in [0.25, 0.3) is 0 Å². The van der Waals surface area contributed by atoms with E-state index in [0.717, 1.165) is 58.6 Å². The summed E-state index contributed by atoms with van der Waals surface area (Å²) in [7, 11) is 0. The number of imidazole rings is 1. The van der Waals surface area contributed by atoms with Crippen molar-refractivity contribution in [2.75, 3.05) is 13.1 Å². The quantitative estimate of drug-likeness (QED) is 0.493. The normalized spacial score (nSPS) is 16.4. The van der Waals surface area contributed by atoms with E-state index < -0.39 is 0 Å². The lowest BCUT2D eigenvalue weighted by molar-refractivity contribution is 0.0245. The third kappa shape index (κ3) is 4.04. The van der Waals surface area contributed by atoms with Gasteiger partial charge in [-0.05, 0) is 56.6 Å². The highest BCUT2D eigenvalue weighted by Crippen LogP contribution is 2.30. The Morgan fingerprint density at radius 2 is 2.10 bits per heavy atom. The Hall–Kier alpha value is -3.58. The zero-order valence-electron chi connectivity index (χ0n) is 17.3. The number of pyridine rings is 2. The van der Waals surface area contributed by atoms with E-state index >= 15 is 0 Å². The van der Waals surface area contributed by atoms with Gasteiger partial charge in [-0.1, -0.05) is 12.1 Å². The molecule has 0 saturated carbocycles. The molecule has 0 amide bonds. The van der Waals surface area contributed by atoms with Gasteiger partial charge in [-0.15, -0.1) is 0 Å². The molecule has 0 aliphatic carbocycles. The minimum Gasteiger partial charge on any atom is -0.457 e. The van der Waals surface area contributed by atoms with Gasteiger partial charge in [-0.25, -0.2) is 9.78 Å². The van der Waals surface area contributed by atoms with E-state index in [0.29, 0.717) is 12.1 Å². The summed E-state index contributed by atoms with van der Waals surface area (Å²) in [4.78, 5) is 29.4. The number of rotatable bonds is 4. The largest absolute Gasteiger partial charge is 0.457 e. The predicted octanol–water partition coefficient (Wildman–Crippen LogP) is 3.90. The lowest BCUT2D eigenvalue weighted by atomic mass is 10.0. The van der Waals surface area contributed by atoms with E-state index in [-0.39, 0.29) is 12.1 Å². The molecule has 1 aliphatic rings. The Morgan fingerprint density at radius 3 is 2.94 bits per heavy atom. The summed E-state index contributed by atoms with van der Waals surface area (Å²) < 4.78 is 5.65. The van der Waals surface area contributed by atoms with Crippen LogP contribution in [-0.4, -0.2) is 45.1 Å². The minimum absolute atomic E-state index is 0.0864. The molecule has 0 unspecified atom stereocenters. The predicted molar refractivity (Wildman–Crippen MR) is 119 cm³/mol. The molecule has 7 heteroatoms. The first-order valence-corrected chi connectivity index (χ1v) is 10.5. The van der Waals surface area contributed by atoms with E-state index in [1.165, 1.54) is 0 Å². The number of H-pyrrole nitrogens is 1. The number of carbonyl (C=O) groups is 1. The highest BCUT2D eigenvalue weighted by molar-refractivity contribution is 5.95. The van der Waals surface area contributed by atoms with E-state index in [1.54, 1.807) is 12.5 Å². The molecule has 1 saturated heterocycles. The van der Waals surface area contributed by atoms with Gasteiger partial charge in [-0.3, -0.25) is 9.97 Å². The summed E-state index contributed by atoms with van der Waals surface area (Å²) in [6.45, 7) is 3.64. The number of aromatic nitrogens is 4. The van der Waals surface area contributed by atoms with Gasteiger partial charge in [0.1, 0.15) is 6.10 Å². The Labute approximate surface area is 179 Å². The van der Waals surface area contributed by atoms with Crippen LogP contribution in [0.25, 0.3) is 33.5 Å². The molecular formula is C24H23N5O2. The Morgan fingerprint density at radius 1 is 1.16 bits per heavy atom. The molecule has 3 aromatic heterocycles. The molecule has 4 aromatic rings. The second-order valence-electron chi connectivity index (χ2n) is 7.80. The first kappa shape index (κ1) is 19.4. The van der Waals surface area contributed by atoms with E-state index in [2.05, 4.69) is 25.3 Å². The van der Waals surface area contributed by atoms with Crippen molar-refractivity contribution in [3.63, 3.8) is 0 Å². The van der Waals surface area contributed by atoms with Crippen molar-refractivity contribution >= 4 is 16.9 Å². The van der Waals surface area contributed by atoms with E-state index in [9.17, 15) is 4.79 Å². The van der Waals surface area contributed by atoms with Crippen LogP contribution < -0.4 is 5.32 Å². The minimum atomic E-state index is -0.335. The average Bonchev–Trinajstić information content (AvgIpc) is 3.29. The van der Waals surface area contributed by atoms with Gasteiger partial charge in [0.05, 0.1) is 34.5 Å². The van der Waals surface area contributed by atoms with Gasteiger partial charge in [0, 0.05) is 29.4 Å². The SMILES string of the molecule is Cc1cccc(-c2[nH]cnc2-c2ccc3ncc(C(=O)O[C@@H]4CCCNC4)cc3c2)n1. The number of aryl methyl sites for hydroxylation is 1. The maximum atomic E-state index is 12.6. The first-order valence-electron chi connectivity index (χ1n) is 10.5. The third-order valence-electron chi connectivity index (χ3n) is 5.50. The number of esters is 1. The number of fused-ring (bicyclic) bond motifs is 1. The van der Waals surface area contributed by atoms with Gasteiger partial charge in [0.2, 0.25) is 0 Å². The van der Waals surface area contributed by atoms with Crippen LogP contribution >= 0.6 is 0 Å². The molecule has 2 N–H and O–H groups in total. The van der Waals surface area contributed by atoms with Gasteiger partial charge in [0.15, 0.2) is 0 Å². The second-order valence-corrected chi connectivity index (χ2v) is 7.80. The number of hydrogen-bond donors (Lipinski definition) is 2. The van der Waals surface area contributed by atoms with Crippen molar-refractivity contribution in [3.05, 3.63) is 66.2 Å². The molecule has 0 bridgehead atoms. The summed E-state index contributed by atoms with van der Waals surface area (Å²) in [5.74, 6) is -0.335. The Bertz CT molecular complexity index is 1240. The molecule has 1 atom stereocenters. The molecule has 5 rings (SSSR count). The highest BCUT2D eigenvalue weighted by Gasteiger charge is 2.19. The van der Waals surface area contributed by atoms with Crippen LogP contribution in [0.5, 0.6) is 0 Å². The van der Waals surface area contributed by atoms with Crippen molar-refractivity contribution < 1.29 is 9.53 Å². The molecule has 1 fully saturated rings. The second kappa shape index (κ2) is 8.28. The fraction of sp³-hybridized carbons (Fsp3) is 0.250. The van der Waals surface area contributed by atoms with Gasteiger partial charge >= 0.3 is 5.97 Å². The molecule has 156 valence electrons. The monoisotopic (exact) mass is 413 g/mol. The Balaban J connectivity index is 1.46. The number of benzene rings is 1. The van der Waals surface area contributed by atoms with Crippen LogP contribution in [0.4, 0.5) is 0 Å². The average molecular weight is 413 g/mol. The first-order chi connectivity index (χ1) is 15.2. The van der Waals surface area contributed by atoms with Crippen molar-refractivity contribution in [1.29, 1.82) is 0 Å². The van der Waals surface area contributed by atoms with Crippen LogP contribution in [0.15, 0.2) is 55.0 Å². The van der Waals surface area contributed by atoms with Gasteiger partial charge < -0.3 is 15.0 Å². The summed E-state index contributed by atoms with van der Waals surface area (Å²) in [6.07, 6.45) is 5.06.